The predicted octanol–water partition coefficient (Wildman–Crippen LogP) is 3.89. The van der Waals surface area contributed by atoms with Crippen molar-refractivity contribution in [1.29, 1.82) is 0 Å². The summed E-state index contributed by atoms with van der Waals surface area (Å²) in [7, 11) is 0. The first kappa shape index (κ1) is 20.7. The SMILES string of the molecule is CCCN(CCC)CC(C)(CC)C(C)NC(=O)c1cc(CC)on1. The first-order chi connectivity index (χ1) is 11.4. The monoisotopic (exact) mass is 337 g/mol. The van der Waals surface area contributed by atoms with Gasteiger partial charge in [0, 0.05) is 25.1 Å². The molecule has 1 amide bonds. The van der Waals surface area contributed by atoms with E-state index in [2.05, 4.69) is 50.0 Å². The summed E-state index contributed by atoms with van der Waals surface area (Å²) in [5.41, 5.74) is 0.397. The molecular weight excluding hydrogens is 302 g/mol. The van der Waals surface area contributed by atoms with Crippen LogP contribution in [0.25, 0.3) is 0 Å². The number of aromatic nitrogens is 1. The molecule has 1 N–H and O–H groups in total. The van der Waals surface area contributed by atoms with Gasteiger partial charge in [-0.3, -0.25) is 4.79 Å². The van der Waals surface area contributed by atoms with E-state index >= 15 is 0 Å². The Morgan fingerprint density at radius 2 is 1.92 bits per heavy atom. The zero-order valence-electron chi connectivity index (χ0n) is 16.3. The van der Waals surface area contributed by atoms with Gasteiger partial charge in [-0.2, -0.15) is 0 Å². The Morgan fingerprint density at radius 3 is 2.38 bits per heavy atom. The zero-order valence-corrected chi connectivity index (χ0v) is 16.3. The van der Waals surface area contributed by atoms with Gasteiger partial charge in [0.25, 0.3) is 5.91 Å². The van der Waals surface area contributed by atoms with Crippen LogP contribution in [-0.2, 0) is 6.42 Å². The Bertz CT molecular complexity index is 495. The summed E-state index contributed by atoms with van der Waals surface area (Å²) in [6.07, 6.45) is 4.06. The fourth-order valence-corrected chi connectivity index (χ4v) is 3.00. The average Bonchev–Trinajstić information content (AvgIpc) is 3.04. The van der Waals surface area contributed by atoms with Crippen LogP contribution < -0.4 is 5.32 Å². The Morgan fingerprint density at radius 1 is 1.29 bits per heavy atom. The second-order valence-electron chi connectivity index (χ2n) is 7.01. The Labute approximate surface area is 147 Å². The zero-order chi connectivity index (χ0) is 18.2. The van der Waals surface area contributed by atoms with Gasteiger partial charge in [0.05, 0.1) is 0 Å². The van der Waals surface area contributed by atoms with E-state index in [1.165, 1.54) is 0 Å². The number of aryl methyl sites for hydroxylation is 1. The third kappa shape index (κ3) is 5.62. The number of carbonyl (C=O) groups excluding carboxylic acids is 1. The van der Waals surface area contributed by atoms with Gasteiger partial charge >= 0.3 is 0 Å². The average molecular weight is 338 g/mol. The molecule has 1 aromatic rings. The number of carbonyl (C=O) groups is 1. The van der Waals surface area contributed by atoms with Gasteiger partial charge < -0.3 is 14.7 Å². The number of hydrogen-bond acceptors (Lipinski definition) is 4. The maximum absolute atomic E-state index is 12.4. The molecule has 0 aliphatic heterocycles. The van der Waals surface area contributed by atoms with E-state index in [1.807, 2.05) is 6.92 Å². The van der Waals surface area contributed by atoms with Crippen molar-refractivity contribution in [3.63, 3.8) is 0 Å². The first-order valence-electron chi connectivity index (χ1n) is 9.38. The standard InChI is InChI=1S/C19H35N3O2/c1-7-11-22(12-8-2)14-19(6,10-4)15(5)20-18(23)17-13-16(9-3)24-21-17/h13,15H,7-12,14H2,1-6H3,(H,20,23). The van der Waals surface area contributed by atoms with E-state index in [0.717, 1.165) is 51.1 Å². The van der Waals surface area contributed by atoms with Gasteiger partial charge in [-0.05, 0) is 44.7 Å². The molecule has 0 bridgehead atoms. The molecule has 0 fully saturated rings. The summed E-state index contributed by atoms with van der Waals surface area (Å²) >= 11 is 0. The van der Waals surface area contributed by atoms with E-state index in [0.29, 0.717) is 5.69 Å². The Hall–Kier alpha value is -1.36. The lowest BCUT2D eigenvalue weighted by atomic mass is 9.79. The van der Waals surface area contributed by atoms with Crippen molar-refractivity contribution in [2.75, 3.05) is 19.6 Å². The van der Waals surface area contributed by atoms with Crippen LogP contribution in [0, 0.1) is 5.41 Å². The van der Waals surface area contributed by atoms with Crippen LogP contribution in [0.5, 0.6) is 0 Å². The van der Waals surface area contributed by atoms with Gasteiger partial charge in [-0.1, -0.05) is 39.8 Å². The summed E-state index contributed by atoms with van der Waals surface area (Å²) in [5, 5.41) is 7.00. The van der Waals surface area contributed by atoms with Crippen molar-refractivity contribution in [2.45, 2.75) is 73.3 Å². The highest BCUT2D eigenvalue weighted by Crippen LogP contribution is 2.28. The number of rotatable bonds is 11. The number of nitrogens with one attached hydrogen (secondary N) is 1. The third-order valence-corrected chi connectivity index (χ3v) is 5.01. The molecule has 138 valence electrons. The van der Waals surface area contributed by atoms with Crippen molar-refractivity contribution in [3.05, 3.63) is 17.5 Å². The maximum Gasteiger partial charge on any atom is 0.273 e. The molecule has 2 atom stereocenters. The van der Waals surface area contributed by atoms with E-state index in [1.54, 1.807) is 6.07 Å². The molecule has 0 radical (unpaired) electrons. The fourth-order valence-electron chi connectivity index (χ4n) is 3.00. The quantitative estimate of drug-likeness (QED) is 0.665. The molecule has 0 spiro atoms. The number of amides is 1. The minimum atomic E-state index is -0.150. The van der Waals surface area contributed by atoms with Crippen molar-refractivity contribution < 1.29 is 9.32 Å². The Balaban J connectivity index is 2.75. The fraction of sp³-hybridized carbons (Fsp3) is 0.789. The minimum absolute atomic E-state index is 0.0251. The van der Waals surface area contributed by atoms with Crippen molar-refractivity contribution in [2.24, 2.45) is 5.41 Å². The van der Waals surface area contributed by atoms with Gasteiger partial charge in [0.2, 0.25) is 0 Å². The summed E-state index contributed by atoms with van der Waals surface area (Å²) in [6.45, 7) is 16.2. The van der Waals surface area contributed by atoms with Crippen molar-refractivity contribution >= 4 is 5.91 Å². The molecule has 1 heterocycles. The van der Waals surface area contributed by atoms with Crippen LogP contribution >= 0.6 is 0 Å². The van der Waals surface area contributed by atoms with Crippen molar-refractivity contribution in [3.8, 4) is 0 Å². The highest BCUT2D eigenvalue weighted by Gasteiger charge is 2.33. The summed E-state index contributed by atoms with van der Waals surface area (Å²) in [6, 6.07) is 1.79. The number of hydrogen-bond donors (Lipinski definition) is 1. The number of nitrogens with zero attached hydrogens (tertiary/aromatic N) is 2. The van der Waals surface area contributed by atoms with Crippen LogP contribution in [0.3, 0.4) is 0 Å². The molecule has 2 unspecified atom stereocenters. The largest absolute Gasteiger partial charge is 0.361 e. The summed E-state index contributed by atoms with van der Waals surface area (Å²) < 4.78 is 5.14. The highest BCUT2D eigenvalue weighted by atomic mass is 16.5. The lowest BCUT2D eigenvalue weighted by molar-refractivity contribution is 0.0821. The van der Waals surface area contributed by atoms with Crippen LogP contribution in [0.1, 0.15) is 77.1 Å². The third-order valence-electron chi connectivity index (χ3n) is 5.01. The molecule has 5 nitrogen and oxygen atoms in total. The minimum Gasteiger partial charge on any atom is -0.361 e. The second kappa shape index (κ2) is 9.82. The molecule has 24 heavy (non-hydrogen) atoms. The Kier molecular flexibility index (Phi) is 8.46. The summed E-state index contributed by atoms with van der Waals surface area (Å²) in [4.78, 5) is 14.9. The summed E-state index contributed by atoms with van der Waals surface area (Å²) in [5.74, 6) is 0.589. The van der Waals surface area contributed by atoms with E-state index in [-0.39, 0.29) is 17.4 Å². The molecule has 0 aliphatic carbocycles. The van der Waals surface area contributed by atoms with Gasteiger partial charge in [0.15, 0.2) is 5.69 Å². The smallest absolute Gasteiger partial charge is 0.273 e. The van der Waals surface area contributed by atoms with Crippen LogP contribution in [-0.4, -0.2) is 41.6 Å². The molecule has 0 saturated heterocycles. The van der Waals surface area contributed by atoms with Gasteiger partial charge in [-0.15, -0.1) is 0 Å². The predicted molar refractivity (Wildman–Crippen MR) is 98.2 cm³/mol. The first-order valence-corrected chi connectivity index (χ1v) is 9.38. The molecule has 5 heteroatoms. The maximum atomic E-state index is 12.4. The lowest BCUT2D eigenvalue weighted by Gasteiger charge is -2.39. The molecule has 0 aromatic carbocycles. The normalized spacial score (nSPS) is 15.3. The molecule has 0 aliphatic rings. The van der Waals surface area contributed by atoms with Crippen LogP contribution in [0.4, 0.5) is 0 Å². The molecule has 1 aromatic heterocycles. The second-order valence-corrected chi connectivity index (χ2v) is 7.01. The lowest BCUT2D eigenvalue weighted by Crippen LogP contribution is -2.50. The molecule has 1 rings (SSSR count). The van der Waals surface area contributed by atoms with E-state index in [4.69, 9.17) is 4.52 Å². The van der Waals surface area contributed by atoms with Crippen LogP contribution in [0.15, 0.2) is 10.6 Å². The topological polar surface area (TPSA) is 58.4 Å². The molecular formula is C19H35N3O2. The van der Waals surface area contributed by atoms with E-state index < -0.39 is 0 Å². The van der Waals surface area contributed by atoms with Crippen molar-refractivity contribution in [1.82, 2.24) is 15.4 Å². The van der Waals surface area contributed by atoms with E-state index in [9.17, 15) is 4.79 Å². The van der Waals surface area contributed by atoms with Crippen LogP contribution in [0.2, 0.25) is 0 Å². The molecule has 0 saturated carbocycles. The van der Waals surface area contributed by atoms with Gasteiger partial charge in [-0.25, -0.2) is 0 Å². The highest BCUT2D eigenvalue weighted by molar-refractivity contribution is 5.92. The van der Waals surface area contributed by atoms with Gasteiger partial charge in [0.1, 0.15) is 5.76 Å².